The van der Waals surface area contributed by atoms with Crippen molar-refractivity contribution in [2.24, 2.45) is 0 Å². The van der Waals surface area contributed by atoms with Crippen molar-refractivity contribution >= 4 is 11.8 Å². The molecule has 0 spiro atoms. The Labute approximate surface area is 152 Å². The van der Waals surface area contributed by atoms with Crippen LogP contribution in [-0.2, 0) is 9.59 Å². The summed E-state index contributed by atoms with van der Waals surface area (Å²) < 4.78 is 0. The minimum atomic E-state index is -0.109. The minimum absolute atomic E-state index is 0.0865. The maximum Gasteiger partial charge on any atom is 0.240 e. The highest BCUT2D eigenvalue weighted by molar-refractivity contribution is 5.82. The topological polar surface area (TPSA) is 55.9 Å². The Kier molecular flexibility index (Phi) is 6.86. The van der Waals surface area contributed by atoms with E-state index in [1.165, 1.54) is 0 Å². The molecule has 0 bridgehead atoms. The van der Waals surface area contributed by atoms with Crippen LogP contribution in [0.3, 0.4) is 0 Å². The van der Waals surface area contributed by atoms with Crippen LogP contribution in [0.1, 0.15) is 54.4 Å². The van der Waals surface area contributed by atoms with Gasteiger partial charge in [0.05, 0.1) is 12.1 Å². The molecule has 0 radical (unpaired) electrons. The van der Waals surface area contributed by atoms with E-state index in [9.17, 15) is 9.59 Å². The first-order valence-electron chi connectivity index (χ1n) is 9.83. The molecule has 1 saturated heterocycles. The van der Waals surface area contributed by atoms with Gasteiger partial charge in [0.15, 0.2) is 0 Å². The zero-order valence-electron chi connectivity index (χ0n) is 16.8. The molecule has 0 unspecified atom stereocenters. The average molecular weight is 353 g/mol. The first-order valence-corrected chi connectivity index (χ1v) is 9.83. The summed E-state index contributed by atoms with van der Waals surface area (Å²) in [5, 5.41) is 3.09. The van der Waals surface area contributed by atoms with Crippen LogP contribution in [0.25, 0.3) is 0 Å². The number of amides is 2. The SMILES string of the molecule is CC(C)N(C(=O)[C@@H](C)N1CCN([C@H](C)C(=O)NC2CC2)CC1)C(C)C. The van der Waals surface area contributed by atoms with Gasteiger partial charge in [-0.1, -0.05) is 0 Å². The highest BCUT2D eigenvalue weighted by Gasteiger charge is 2.34. The molecular weight excluding hydrogens is 316 g/mol. The van der Waals surface area contributed by atoms with Gasteiger partial charge in [0.2, 0.25) is 11.8 Å². The van der Waals surface area contributed by atoms with Gasteiger partial charge in [-0.25, -0.2) is 0 Å². The van der Waals surface area contributed by atoms with Crippen molar-refractivity contribution in [3.8, 4) is 0 Å². The minimum Gasteiger partial charge on any atom is -0.352 e. The summed E-state index contributed by atoms with van der Waals surface area (Å²) in [5.41, 5.74) is 0. The summed E-state index contributed by atoms with van der Waals surface area (Å²) in [6, 6.07) is 0.635. The Hall–Kier alpha value is -1.14. The fraction of sp³-hybridized carbons (Fsp3) is 0.895. The number of carbonyl (C=O) groups excluding carboxylic acids is 2. The molecule has 6 nitrogen and oxygen atoms in total. The predicted molar refractivity (Wildman–Crippen MR) is 100 cm³/mol. The van der Waals surface area contributed by atoms with Gasteiger partial charge >= 0.3 is 0 Å². The van der Waals surface area contributed by atoms with Gasteiger partial charge in [-0.05, 0) is 54.4 Å². The monoisotopic (exact) mass is 352 g/mol. The Morgan fingerprint density at radius 3 is 1.68 bits per heavy atom. The van der Waals surface area contributed by atoms with Crippen LogP contribution < -0.4 is 5.32 Å². The van der Waals surface area contributed by atoms with E-state index >= 15 is 0 Å². The van der Waals surface area contributed by atoms with Crippen molar-refractivity contribution in [3.63, 3.8) is 0 Å². The summed E-state index contributed by atoms with van der Waals surface area (Å²) in [4.78, 5) is 31.6. The van der Waals surface area contributed by atoms with Crippen molar-refractivity contribution in [2.75, 3.05) is 26.2 Å². The largest absolute Gasteiger partial charge is 0.352 e. The lowest BCUT2D eigenvalue weighted by Gasteiger charge is -2.42. The molecule has 144 valence electrons. The van der Waals surface area contributed by atoms with Crippen LogP contribution in [0.15, 0.2) is 0 Å². The lowest BCUT2D eigenvalue weighted by Crippen LogP contribution is -2.59. The van der Waals surface area contributed by atoms with Gasteiger partial charge in [-0.2, -0.15) is 0 Å². The van der Waals surface area contributed by atoms with Crippen LogP contribution in [0.4, 0.5) is 0 Å². The van der Waals surface area contributed by atoms with Crippen molar-refractivity contribution in [1.29, 1.82) is 0 Å². The third-order valence-electron chi connectivity index (χ3n) is 5.47. The molecule has 25 heavy (non-hydrogen) atoms. The van der Waals surface area contributed by atoms with Gasteiger partial charge in [-0.15, -0.1) is 0 Å². The fourth-order valence-corrected chi connectivity index (χ4v) is 3.70. The molecule has 1 heterocycles. The van der Waals surface area contributed by atoms with E-state index in [0.29, 0.717) is 6.04 Å². The Morgan fingerprint density at radius 2 is 1.28 bits per heavy atom. The van der Waals surface area contributed by atoms with Crippen LogP contribution in [0, 0.1) is 0 Å². The van der Waals surface area contributed by atoms with Crippen molar-refractivity contribution < 1.29 is 9.59 Å². The summed E-state index contributed by atoms with van der Waals surface area (Å²) in [6.07, 6.45) is 2.24. The summed E-state index contributed by atoms with van der Waals surface area (Å²) in [6.45, 7) is 15.6. The smallest absolute Gasteiger partial charge is 0.240 e. The van der Waals surface area contributed by atoms with Gasteiger partial charge in [0.1, 0.15) is 0 Å². The molecule has 0 aromatic heterocycles. The molecule has 1 saturated carbocycles. The first kappa shape index (κ1) is 20.2. The van der Waals surface area contributed by atoms with E-state index in [-0.39, 0.29) is 36.0 Å². The molecular formula is C19H36N4O2. The Bertz CT molecular complexity index is 460. The van der Waals surface area contributed by atoms with Crippen LogP contribution >= 0.6 is 0 Å². The second-order valence-corrected chi connectivity index (χ2v) is 8.14. The molecule has 1 aliphatic heterocycles. The molecule has 2 atom stereocenters. The number of carbonyl (C=O) groups is 2. The number of rotatable bonds is 7. The van der Waals surface area contributed by atoms with E-state index < -0.39 is 0 Å². The second kappa shape index (κ2) is 8.49. The van der Waals surface area contributed by atoms with Gasteiger partial charge in [-0.3, -0.25) is 19.4 Å². The Balaban J connectivity index is 1.85. The summed E-state index contributed by atoms with van der Waals surface area (Å²) in [7, 11) is 0. The van der Waals surface area contributed by atoms with Gasteiger partial charge < -0.3 is 10.2 Å². The quantitative estimate of drug-likeness (QED) is 0.750. The maximum absolute atomic E-state index is 12.9. The first-order chi connectivity index (χ1) is 11.7. The number of nitrogens with one attached hydrogen (secondary N) is 1. The number of nitrogens with zero attached hydrogens (tertiary/aromatic N) is 3. The number of hydrogen-bond donors (Lipinski definition) is 1. The molecule has 0 aromatic carbocycles. The van der Waals surface area contributed by atoms with E-state index in [1.807, 2.05) is 18.7 Å². The molecule has 2 fully saturated rings. The third-order valence-corrected chi connectivity index (χ3v) is 5.47. The average Bonchev–Trinajstić information content (AvgIpc) is 3.36. The summed E-state index contributed by atoms with van der Waals surface area (Å²) in [5.74, 6) is 0.351. The zero-order valence-corrected chi connectivity index (χ0v) is 16.8. The lowest BCUT2D eigenvalue weighted by molar-refractivity contribution is -0.141. The molecule has 2 rings (SSSR count). The molecule has 0 aromatic rings. The van der Waals surface area contributed by atoms with Crippen LogP contribution in [0.5, 0.6) is 0 Å². The number of piperazine rings is 1. The van der Waals surface area contributed by atoms with E-state index in [4.69, 9.17) is 0 Å². The van der Waals surface area contributed by atoms with E-state index in [2.05, 4.69) is 42.8 Å². The van der Waals surface area contributed by atoms with Crippen molar-refractivity contribution in [1.82, 2.24) is 20.0 Å². The molecule has 6 heteroatoms. The molecule has 2 aliphatic rings. The maximum atomic E-state index is 12.9. The normalized spacial score (nSPS) is 22.1. The van der Waals surface area contributed by atoms with Crippen LogP contribution in [0.2, 0.25) is 0 Å². The van der Waals surface area contributed by atoms with Gasteiger partial charge in [0.25, 0.3) is 0 Å². The highest BCUT2D eigenvalue weighted by Crippen LogP contribution is 2.19. The molecule has 1 aliphatic carbocycles. The Morgan fingerprint density at radius 1 is 0.840 bits per heavy atom. The summed E-state index contributed by atoms with van der Waals surface area (Å²) >= 11 is 0. The number of hydrogen-bond acceptors (Lipinski definition) is 4. The van der Waals surface area contributed by atoms with E-state index in [1.54, 1.807) is 0 Å². The lowest BCUT2D eigenvalue weighted by atomic mass is 10.1. The third kappa shape index (κ3) is 5.17. The van der Waals surface area contributed by atoms with Crippen LogP contribution in [-0.4, -0.2) is 82.9 Å². The van der Waals surface area contributed by atoms with Crippen molar-refractivity contribution in [2.45, 2.75) is 84.6 Å². The van der Waals surface area contributed by atoms with E-state index in [0.717, 1.165) is 39.0 Å². The highest BCUT2D eigenvalue weighted by atomic mass is 16.2. The predicted octanol–water partition coefficient (Wildman–Crippen LogP) is 1.31. The standard InChI is InChI=1S/C19H36N4O2/c1-13(2)23(14(3)4)19(25)16(6)22-11-9-21(10-12-22)15(5)18(24)20-17-7-8-17/h13-17H,7-12H2,1-6H3,(H,20,24)/t15-,16-/m1/s1. The second-order valence-electron chi connectivity index (χ2n) is 8.14. The zero-order chi connectivity index (χ0) is 18.7. The van der Waals surface area contributed by atoms with Gasteiger partial charge in [0, 0.05) is 44.3 Å². The fourth-order valence-electron chi connectivity index (χ4n) is 3.70. The molecule has 2 amide bonds. The molecule has 1 N–H and O–H groups in total. The van der Waals surface area contributed by atoms with Crippen molar-refractivity contribution in [3.05, 3.63) is 0 Å².